The largest absolute Gasteiger partial charge is 0.451 e. The van der Waals surface area contributed by atoms with Crippen LogP contribution in [0.15, 0.2) is 42.5 Å². The highest BCUT2D eigenvalue weighted by molar-refractivity contribution is 6.30. The van der Waals surface area contributed by atoms with Gasteiger partial charge in [-0.05, 0) is 29.8 Å². The summed E-state index contributed by atoms with van der Waals surface area (Å²) in [5, 5.41) is 1.92. The van der Waals surface area contributed by atoms with Crippen molar-refractivity contribution < 1.29 is 13.9 Å². The van der Waals surface area contributed by atoms with E-state index in [1.54, 1.807) is 24.3 Å². The quantitative estimate of drug-likeness (QED) is 0.866. The van der Waals surface area contributed by atoms with Crippen molar-refractivity contribution >= 4 is 23.4 Å². The second-order valence-corrected chi connectivity index (χ2v) is 5.07. The Kier molecular flexibility index (Phi) is 3.43. The van der Waals surface area contributed by atoms with Crippen LogP contribution in [0.3, 0.4) is 0 Å². The van der Waals surface area contributed by atoms with Gasteiger partial charge in [0.25, 0.3) is 0 Å². The number of fused-ring (bicyclic) bond motifs is 1. The molecule has 0 spiro atoms. The summed E-state index contributed by atoms with van der Waals surface area (Å²) in [5.41, 5.74) is 5.34. The molecule has 2 aromatic carbocycles. The number of halogens is 2. The summed E-state index contributed by atoms with van der Waals surface area (Å²) in [4.78, 5) is 12.0. The number of rotatable bonds is 1. The van der Waals surface area contributed by atoms with Gasteiger partial charge in [0.2, 0.25) is 0 Å². The number of amides is 1. The van der Waals surface area contributed by atoms with E-state index >= 15 is 0 Å². The van der Waals surface area contributed by atoms with E-state index in [9.17, 15) is 9.18 Å². The van der Waals surface area contributed by atoms with Crippen LogP contribution in [0.2, 0.25) is 5.02 Å². The van der Waals surface area contributed by atoms with Crippen molar-refractivity contribution in [1.29, 1.82) is 0 Å². The minimum absolute atomic E-state index is 0.328. The van der Waals surface area contributed by atoms with Gasteiger partial charge >= 0.3 is 6.09 Å². The van der Waals surface area contributed by atoms with Crippen LogP contribution in [-0.4, -0.2) is 18.2 Å². The molecule has 1 N–H and O–H groups in total. The van der Waals surface area contributed by atoms with E-state index in [-0.39, 0.29) is 5.82 Å². The maximum atomic E-state index is 13.1. The summed E-state index contributed by atoms with van der Waals surface area (Å²) in [7, 11) is 1.31. The first-order valence-electron chi connectivity index (χ1n) is 6.29. The number of nitrogens with zero attached hydrogens (tertiary/aromatic N) is 1. The SMILES string of the molecule is COC(=O)N1Nc2cc(Cl)ccc2C1c1ccc(F)cc1. The zero-order chi connectivity index (χ0) is 15.0. The van der Waals surface area contributed by atoms with Gasteiger partial charge in [0.1, 0.15) is 11.9 Å². The maximum absolute atomic E-state index is 13.1. The molecule has 3 rings (SSSR count). The molecule has 1 atom stereocenters. The van der Waals surface area contributed by atoms with Crippen LogP contribution in [0.1, 0.15) is 17.2 Å². The van der Waals surface area contributed by atoms with Crippen molar-refractivity contribution in [2.45, 2.75) is 6.04 Å². The van der Waals surface area contributed by atoms with Crippen LogP contribution in [0, 0.1) is 5.82 Å². The highest BCUT2D eigenvalue weighted by Crippen LogP contribution is 2.40. The van der Waals surface area contributed by atoms with Gasteiger partial charge < -0.3 is 4.74 Å². The summed E-state index contributed by atoms with van der Waals surface area (Å²) in [6, 6.07) is 10.9. The topological polar surface area (TPSA) is 41.6 Å². The summed E-state index contributed by atoms with van der Waals surface area (Å²) in [5.74, 6) is -0.328. The summed E-state index contributed by atoms with van der Waals surface area (Å²) < 4.78 is 17.9. The van der Waals surface area contributed by atoms with Gasteiger partial charge in [0, 0.05) is 10.6 Å². The van der Waals surface area contributed by atoms with E-state index in [1.807, 2.05) is 6.07 Å². The lowest BCUT2D eigenvalue weighted by molar-refractivity contribution is 0.127. The van der Waals surface area contributed by atoms with Crippen molar-refractivity contribution in [2.24, 2.45) is 0 Å². The van der Waals surface area contributed by atoms with E-state index in [2.05, 4.69) is 5.43 Å². The van der Waals surface area contributed by atoms with Crippen LogP contribution in [0.25, 0.3) is 0 Å². The Labute approximate surface area is 126 Å². The molecular weight excluding hydrogens is 295 g/mol. The molecule has 21 heavy (non-hydrogen) atoms. The number of carbonyl (C=O) groups is 1. The Morgan fingerprint density at radius 3 is 2.67 bits per heavy atom. The molecule has 0 saturated carbocycles. The monoisotopic (exact) mass is 306 g/mol. The minimum Gasteiger partial charge on any atom is -0.451 e. The summed E-state index contributed by atoms with van der Waals surface area (Å²) >= 11 is 5.97. The second kappa shape index (κ2) is 5.26. The molecule has 0 radical (unpaired) electrons. The maximum Gasteiger partial charge on any atom is 0.429 e. The fourth-order valence-corrected chi connectivity index (χ4v) is 2.59. The van der Waals surface area contributed by atoms with Crippen molar-refractivity contribution in [3.8, 4) is 0 Å². The number of ether oxygens (including phenoxy) is 1. The highest BCUT2D eigenvalue weighted by atomic mass is 35.5. The van der Waals surface area contributed by atoms with Gasteiger partial charge in [0.15, 0.2) is 0 Å². The highest BCUT2D eigenvalue weighted by Gasteiger charge is 2.35. The Morgan fingerprint density at radius 1 is 1.29 bits per heavy atom. The third kappa shape index (κ3) is 2.40. The van der Waals surface area contributed by atoms with Crippen LogP contribution in [0.4, 0.5) is 14.9 Å². The lowest BCUT2D eigenvalue weighted by atomic mass is 9.98. The zero-order valence-electron chi connectivity index (χ0n) is 11.1. The predicted octanol–water partition coefficient (Wildman–Crippen LogP) is 3.98. The molecule has 0 bridgehead atoms. The third-order valence-electron chi connectivity index (χ3n) is 3.37. The normalized spacial score (nSPS) is 16.3. The average Bonchev–Trinajstić information content (AvgIpc) is 2.85. The van der Waals surface area contributed by atoms with Crippen LogP contribution >= 0.6 is 11.6 Å². The van der Waals surface area contributed by atoms with Gasteiger partial charge in [-0.1, -0.05) is 29.8 Å². The molecule has 1 heterocycles. The molecule has 0 saturated heterocycles. The molecular formula is C15H12ClFN2O2. The lowest BCUT2D eigenvalue weighted by Crippen LogP contribution is -2.35. The molecule has 1 aliphatic rings. The van der Waals surface area contributed by atoms with E-state index < -0.39 is 12.1 Å². The number of carbonyl (C=O) groups excluding carboxylic acids is 1. The molecule has 108 valence electrons. The minimum atomic E-state index is -0.531. The molecule has 0 aromatic heterocycles. The van der Waals surface area contributed by atoms with Crippen molar-refractivity contribution in [2.75, 3.05) is 12.5 Å². The Morgan fingerprint density at radius 2 is 2.00 bits per heavy atom. The zero-order valence-corrected chi connectivity index (χ0v) is 11.9. The fourth-order valence-electron chi connectivity index (χ4n) is 2.42. The standard InChI is InChI=1S/C15H12ClFN2O2/c1-21-15(20)19-14(9-2-5-11(17)6-3-9)12-7-4-10(16)8-13(12)18-19/h2-8,14,18H,1H3. The molecule has 0 fully saturated rings. The molecule has 2 aromatic rings. The summed E-state index contributed by atoms with van der Waals surface area (Å²) in [6.07, 6.45) is -0.531. The predicted molar refractivity (Wildman–Crippen MR) is 77.6 cm³/mol. The number of hydrogen-bond donors (Lipinski definition) is 1. The smallest absolute Gasteiger partial charge is 0.429 e. The molecule has 0 aliphatic carbocycles. The third-order valence-corrected chi connectivity index (χ3v) is 3.60. The first kappa shape index (κ1) is 13.7. The molecule has 4 nitrogen and oxygen atoms in total. The summed E-state index contributed by atoms with van der Waals surface area (Å²) in [6.45, 7) is 0. The molecule has 1 aliphatic heterocycles. The molecule has 1 amide bonds. The van der Waals surface area contributed by atoms with Crippen molar-refractivity contribution in [1.82, 2.24) is 5.01 Å². The first-order valence-corrected chi connectivity index (χ1v) is 6.66. The van der Waals surface area contributed by atoms with Crippen LogP contribution < -0.4 is 5.43 Å². The number of anilines is 1. The molecule has 6 heteroatoms. The number of nitrogens with one attached hydrogen (secondary N) is 1. The van der Waals surface area contributed by atoms with Gasteiger partial charge in [-0.3, -0.25) is 5.43 Å². The Bertz CT molecular complexity index is 691. The van der Waals surface area contributed by atoms with Crippen LogP contribution in [0.5, 0.6) is 0 Å². The van der Waals surface area contributed by atoms with Gasteiger partial charge in [-0.2, -0.15) is 0 Å². The number of hydrogen-bond acceptors (Lipinski definition) is 3. The van der Waals surface area contributed by atoms with E-state index in [0.717, 1.165) is 16.8 Å². The second-order valence-electron chi connectivity index (χ2n) is 4.64. The van der Waals surface area contributed by atoms with Crippen molar-refractivity contribution in [3.63, 3.8) is 0 Å². The average molecular weight is 307 g/mol. The first-order chi connectivity index (χ1) is 10.1. The number of hydrazine groups is 1. The Balaban J connectivity index is 2.09. The van der Waals surface area contributed by atoms with Gasteiger partial charge in [0.05, 0.1) is 12.8 Å². The lowest BCUT2D eigenvalue weighted by Gasteiger charge is -2.23. The number of methoxy groups -OCH3 is 1. The van der Waals surface area contributed by atoms with Crippen molar-refractivity contribution in [3.05, 3.63) is 64.4 Å². The van der Waals surface area contributed by atoms with E-state index in [1.165, 1.54) is 24.3 Å². The van der Waals surface area contributed by atoms with Crippen LogP contribution in [-0.2, 0) is 4.74 Å². The van der Waals surface area contributed by atoms with E-state index in [4.69, 9.17) is 16.3 Å². The molecule has 1 unspecified atom stereocenters. The van der Waals surface area contributed by atoms with Gasteiger partial charge in [-0.15, -0.1) is 0 Å². The fraction of sp³-hybridized carbons (Fsp3) is 0.133. The number of benzene rings is 2. The van der Waals surface area contributed by atoms with E-state index in [0.29, 0.717) is 5.02 Å². The Hall–Kier alpha value is -2.27. The van der Waals surface area contributed by atoms with Gasteiger partial charge in [-0.25, -0.2) is 14.2 Å².